The van der Waals surface area contributed by atoms with E-state index < -0.39 is 0 Å². The predicted molar refractivity (Wildman–Crippen MR) is 93.0 cm³/mol. The van der Waals surface area contributed by atoms with Gasteiger partial charge >= 0.3 is 0 Å². The zero-order chi connectivity index (χ0) is 16.5. The van der Waals surface area contributed by atoms with Gasteiger partial charge in [-0.25, -0.2) is 0 Å². The normalized spacial score (nSPS) is 18.7. The molecule has 0 bridgehead atoms. The molecule has 1 fully saturated rings. The smallest absolute Gasteiger partial charge is 0.241 e. The fourth-order valence-electron chi connectivity index (χ4n) is 3.37. The second-order valence-corrected chi connectivity index (χ2v) is 6.66. The van der Waals surface area contributed by atoms with Gasteiger partial charge in [0, 0.05) is 30.0 Å². The number of halogens is 1. The minimum absolute atomic E-state index is 0.222. The number of nitrogens with zero attached hydrogens (tertiary/aromatic N) is 3. The summed E-state index contributed by atoms with van der Waals surface area (Å²) in [5.41, 5.74) is 1.80. The van der Waals surface area contributed by atoms with Crippen LogP contribution in [0, 0.1) is 0 Å². The molecule has 1 atom stereocenters. The molecule has 0 aliphatic carbocycles. The standard InChI is InChI=1S/C18H20ClN3O2/c1-12-3-2-7-22(12)8-6-15-10-14-9-13(4-5-16(14)23-15)18-20-17(11-19)24-21-18/h4-5,9-10,12H,2-3,6-8,11H2,1H3/t12-/m1/s1. The van der Waals surface area contributed by atoms with Crippen molar-refractivity contribution in [3.63, 3.8) is 0 Å². The van der Waals surface area contributed by atoms with Crippen LogP contribution in [0.25, 0.3) is 22.4 Å². The molecule has 4 rings (SSSR count). The number of furan rings is 1. The lowest BCUT2D eigenvalue weighted by atomic mass is 10.1. The molecular weight excluding hydrogens is 326 g/mol. The van der Waals surface area contributed by atoms with Gasteiger partial charge in [0.2, 0.25) is 11.7 Å². The molecule has 24 heavy (non-hydrogen) atoms. The Morgan fingerprint density at radius 1 is 1.33 bits per heavy atom. The van der Waals surface area contributed by atoms with Crippen LogP contribution in [0.2, 0.25) is 0 Å². The molecule has 1 saturated heterocycles. The Morgan fingerprint density at radius 2 is 2.25 bits per heavy atom. The van der Waals surface area contributed by atoms with Gasteiger partial charge in [0.15, 0.2) is 0 Å². The van der Waals surface area contributed by atoms with Crippen LogP contribution in [-0.4, -0.2) is 34.2 Å². The summed E-state index contributed by atoms with van der Waals surface area (Å²) in [5, 5.41) is 5.02. The van der Waals surface area contributed by atoms with E-state index in [4.69, 9.17) is 20.5 Å². The SMILES string of the molecule is C[C@@H]1CCCN1CCc1cc2cc(-c3noc(CCl)n3)ccc2o1. The van der Waals surface area contributed by atoms with Crippen LogP contribution in [0.3, 0.4) is 0 Å². The van der Waals surface area contributed by atoms with Gasteiger partial charge in [-0.3, -0.25) is 0 Å². The zero-order valence-corrected chi connectivity index (χ0v) is 14.4. The molecule has 1 aliphatic rings. The lowest BCUT2D eigenvalue weighted by Crippen LogP contribution is -2.28. The lowest BCUT2D eigenvalue weighted by Gasteiger charge is -2.19. The highest BCUT2D eigenvalue weighted by atomic mass is 35.5. The summed E-state index contributed by atoms with van der Waals surface area (Å²) in [4.78, 5) is 6.80. The Hall–Kier alpha value is -1.85. The number of rotatable bonds is 5. The van der Waals surface area contributed by atoms with Gasteiger partial charge in [0.05, 0.1) is 0 Å². The number of fused-ring (bicyclic) bond motifs is 1. The van der Waals surface area contributed by atoms with E-state index in [0.29, 0.717) is 17.8 Å². The summed E-state index contributed by atoms with van der Waals surface area (Å²) in [6.45, 7) is 4.56. The molecule has 3 aromatic rings. The van der Waals surface area contributed by atoms with Gasteiger partial charge in [0.25, 0.3) is 0 Å². The predicted octanol–water partition coefficient (Wildman–Crippen LogP) is 4.25. The first kappa shape index (κ1) is 15.7. The number of benzene rings is 1. The van der Waals surface area contributed by atoms with Gasteiger partial charge in [-0.2, -0.15) is 4.98 Å². The first-order valence-corrected chi connectivity index (χ1v) is 8.92. The van der Waals surface area contributed by atoms with Crippen LogP contribution in [-0.2, 0) is 12.3 Å². The van der Waals surface area contributed by atoms with E-state index in [1.165, 1.54) is 19.4 Å². The minimum atomic E-state index is 0.222. The van der Waals surface area contributed by atoms with Crippen LogP contribution in [0.4, 0.5) is 0 Å². The van der Waals surface area contributed by atoms with E-state index in [-0.39, 0.29) is 5.88 Å². The number of aromatic nitrogens is 2. The van der Waals surface area contributed by atoms with E-state index in [0.717, 1.165) is 35.3 Å². The van der Waals surface area contributed by atoms with E-state index >= 15 is 0 Å². The second-order valence-electron chi connectivity index (χ2n) is 6.39. The van der Waals surface area contributed by atoms with E-state index in [9.17, 15) is 0 Å². The molecule has 2 aromatic heterocycles. The molecule has 1 aliphatic heterocycles. The molecule has 0 spiro atoms. The number of alkyl halides is 1. The van der Waals surface area contributed by atoms with Crippen LogP contribution in [0.15, 0.2) is 33.2 Å². The first-order valence-electron chi connectivity index (χ1n) is 8.38. The summed E-state index contributed by atoms with van der Waals surface area (Å²) in [5.74, 6) is 2.23. The van der Waals surface area contributed by atoms with Crippen molar-refractivity contribution < 1.29 is 8.94 Å². The topological polar surface area (TPSA) is 55.3 Å². The monoisotopic (exact) mass is 345 g/mol. The Kier molecular flexibility index (Phi) is 4.29. The van der Waals surface area contributed by atoms with Crippen molar-refractivity contribution >= 4 is 22.6 Å². The Labute approximate surface area is 145 Å². The molecule has 0 N–H and O–H groups in total. The van der Waals surface area contributed by atoms with Crippen LogP contribution >= 0.6 is 11.6 Å². The van der Waals surface area contributed by atoms with Crippen LogP contribution in [0.5, 0.6) is 0 Å². The highest BCUT2D eigenvalue weighted by Crippen LogP contribution is 2.26. The Morgan fingerprint density at radius 3 is 3.00 bits per heavy atom. The fourth-order valence-corrected chi connectivity index (χ4v) is 3.47. The second kappa shape index (κ2) is 6.57. The Balaban J connectivity index is 1.52. The molecule has 0 saturated carbocycles. The highest BCUT2D eigenvalue weighted by Gasteiger charge is 2.20. The average molecular weight is 346 g/mol. The third-order valence-electron chi connectivity index (χ3n) is 4.74. The van der Waals surface area contributed by atoms with E-state index in [1.54, 1.807) is 0 Å². The fraction of sp³-hybridized carbons (Fsp3) is 0.444. The van der Waals surface area contributed by atoms with Crippen molar-refractivity contribution in [2.24, 2.45) is 0 Å². The molecule has 0 amide bonds. The summed E-state index contributed by atoms with van der Waals surface area (Å²) in [6, 6.07) is 8.74. The van der Waals surface area contributed by atoms with Crippen LogP contribution in [0.1, 0.15) is 31.4 Å². The number of hydrogen-bond donors (Lipinski definition) is 0. The summed E-state index contributed by atoms with van der Waals surface area (Å²) >= 11 is 5.71. The van der Waals surface area contributed by atoms with Crippen molar-refractivity contribution in [2.75, 3.05) is 13.1 Å². The number of likely N-dealkylation sites (tertiary alicyclic amines) is 1. The average Bonchev–Trinajstić information content (AvgIpc) is 3.31. The quantitative estimate of drug-likeness (QED) is 0.647. The van der Waals surface area contributed by atoms with E-state index in [1.807, 2.05) is 18.2 Å². The van der Waals surface area contributed by atoms with Gasteiger partial charge < -0.3 is 13.8 Å². The molecule has 126 valence electrons. The third kappa shape index (κ3) is 3.06. The van der Waals surface area contributed by atoms with Crippen molar-refractivity contribution in [1.82, 2.24) is 15.0 Å². The molecular formula is C18H20ClN3O2. The molecule has 5 nitrogen and oxygen atoms in total. The summed E-state index contributed by atoms with van der Waals surface area (Å²) in [6.07, 6.45) is 3.55. The molecule has 6 heteroatoms. The molecule has 1 aromatic carbocycles. The maximum Gasteiger partial charge on any atom is 0.241 e. The third-order valence-corrected chi connectivity index (χ3v) is 4.97. The minimum Gasteiger partial charge on any atom is -0.461 e. The van der Waals surface area contributed by atoms with Gasteiger partial charge in [-0.15, -0.1) is 11.6 Å². The zero-order valence-electron chi connectivity index (χ0n) is 13.7. The summed E-state index contributed by atoms with van der Waals surface area (Å²) in [7, 11) is 0. The van der Waals surface area contributed by atoms with Crippen LogP contribution < -0.4 is 0 Å². The lowest BCUT2D eigenvalue weighted by molar-refractivity contribution is 0.266. The van der Waals surface area contributed by atoms with Crippen molar-refractivity contribution in [3.05, 3.63) is 35.9 Å². The molecule has 0 radical (unpaired) electrons. The van der Waals surface area contributed by atoms with Gasteiger partial charge in [0.1, 0.15) is 17.2 Å². The maximum atomic E-state index is 5.97. The summed E-state index contributed by atoms with van der Waals surface area (Å²) < 4.78 is 11.0. The largest absolute Gasteiger partial charge is 0.461 e. The molecule has 3 heterocycles. The van der Waals surface area contributed by atoms with Crippen molar-refractivity contribution in [1.29, 1.82) is 0 Å². The van der Waals surface area contributed by atoms with Crippen molar-refractivity contribution in [2.45, 2.75) is 38.1 Å². The first-order chi connectivity index (χ1) is 11.7. The van der Waals surface area contributed by atoms with Gasteiger partial charge in [-0.05, 0) is 50.6 Å². The maximum absolute atomic E-state index is 5.97. The molecule has 0 unspecified atom stereocenters. The van der Waals surface area contributed by atoms with Crippen molar-refractivity contribution in [3.8, 4) is 11.4 Å². The van der Waals surface area contributed by atoms with E-state index in [2.05, 4.69) is 28.0 Å². The van der Waals surface area contributed by atoms with Gasteiger partial charge in [-0.1, -0.05) is 5.16 Å². The Bertz CT molecular complexity index is 842. The number of hydrogen-bond acceptors (Lipinski definition) is 5. The highest BCUT2D eigenvalue weighted by molar-refractivity contribution is 6.16.